The molecule has 0 aliphatic carbocycles. The number of carbonyl (C=O) groups is 4. The van der Waals surface area contributed by atoms with Gasteiger partial charge in [0.25, 0.3) is 0 Å². The maximum Gasteiger partial charge on any atom is 0.306 e. The Morgan fingerprint density at radius 2 is 0.726 bits per heavy atom. The van der Waals surface area contributed by atoms with Crippen LogP contribution in [0, 0.1) is 0 Å². The zero-order valence-electron chi connectivity index (χ0n) is 41.4. The number of rotatable bonds is 51. The lowest BCUT2D eigenvalue weighted by Gasteiger charge is -2.19. The molecule has 0 aromatic rings. The molecule has 0 rings (SSSR count). The van der Waals surface area contributed by atoms with E-state index in [9.17, 15) is 19.2 Å². The molecule has 0 aliphatic heterocycles. The lowest BCUT2D eigenvalue weighted by molar-refractivity contribution is -0.157. The Morgan fingerprint density at radius 1 is 0.419 bits per heavy atom. The summed E-state index contributed by atoms with van der Waals surface area (Å²) in [5.41, 5.74) is 0. The molecule has 0 fully saturated rings. The molecule has 0 saturated carbocycles. The highest BCUT2D eigenvalue weighted by Gasteiger charge is 2.19. The molecule has 7 nitrogen and oxygen atoms in total. The van der Waals surface area contributed by atoms with Gasteiger partial charge in [-0.1, -0.05) is 252 Å². The van der Waals surface area contributed by atoms with Crippen molar-refractivity contribution in [2.75, 3.05) is 18.1 Å². The van der Waals surface area contributed by atoms with E-state index in [4.69, 9.17) is 9.47 Å². The molecular formula is C54H103NO6S. The predicted octanol–water partition coefficient (Wildman–Crippen LogP) is 16.3. The van der Waals surface area contributed by atoms with Gasteiger partial charge in [-0.25, -0.2) is 0 Å². The van der Waals surface area contributed by atoms with Crippen molar-refractivity contribution in [3.05, 3.63) is 0 Å². The first kappa shape index (κ1) is 60.4. The van der Waals surface area contributed by atoms with Crippen molar-refractivity contribution < 1.29 is 28.7 Å². The fourth-order valence-electron chi connectivity index (χ4n) is 8.22. The molecule has 0 aromatic carbocycles. The van der Waals surface area contributed by atoms with Crippen LogP contribution in [0.5, 0.6) is 0 Å². The molecular weight excluding hydrogens is 791 g/mol. The lowest BCUT2D eigenvalue weighted by atomic mass is 10.0. The van der Waals surface area contributed by atoms with E-state index < -0.39 is 12.1 Å². The van der Waals surface area contributed by atoms with Crippen LogP contribution in [0.1, 0.15) is 290 Å². The molecule has 1 amide bonds. The number of nitrogens with one attached hydrogen (secondary N) is 1. The first-order chi connectivity index (χ1) is 30.5. The van der Waals surface area contributed by atoms with Crippen molar-refractivity contribution in [3.63, 3.8) is 0 Å². The second kappa shape index (κ2) is 50.4. The van der Waals surface area contributed by atoms with E-state index >= 15 is 0 Å². The summed E-state index contributed by atoms with van der Waals surface area (Å²) < 4.78 is 11.5. The summed E-state index contributed by atoms with van der Waals surface area (Å²) in [5, 5.41) is 2.88. The Morgan fingerprint density at radius 3 is 1.06 bits per heavy atom. The molecule has 366 valence electrons. The Labute approximate surface area is 389 Å². The van der Waals surface area contributed by atoms with Gasteiger partial charge < -0.3 is 19.6 Å². The van der Waals surface area contributed by atoms with Gasteiger partial charge in [-0.15, -0.1) is 0 Å². The third-order valence-electron chi connectivity index (χ3n) is 12.3. The van der Waals surface area contributed by atoms with Gasteiger partial charge in [-0.05, 0) is 19.3 Å². The monoisotopic (exact) mass is 894 g/mol. The van der Waals surface area contributed by atoms with Crippen molar-refractivity contribution in [2.45, 2.75) is 303 Å². The predicted molar refractivity (Wildman–Crippen MR) is 267 cm³/mol. The van der Waals surface area contributed by atoms with E-state index in [-0.39, 0.29) is 24.5 Å². The minimum absolute atomic E-state index is 0.0196. The van der Waals surface area contributed by atoms with E-state index in [1.54, 1.807) is 0 Å². The van der Waals surface area contributed by atoms with Crippen LogP contribution in [-0.2, 0) is 28.7 Å². The third-order valence-corrected chi connectivity index (χ3v) is 13.5. The van der Waals surface area contributed by atoms with Crippen molar-refractivity contribution in [3.8, 4) is 0 Å². The van der Waals surface area contributed by atoms with Gasteiger partial charge in [0.1, 0.15) is 19.0 Å². The van der Waals surface area contributed by atoms with Crippen LogP contribution in [0.2, 0.25) is 0 Å². The molecule has 1 N–H and O–H groups in total. The molecule has 0 aliphatic rings. The molecule has 2 unspecified atom stereocenters. The van der Waals surface area contributed by atoms with Crippen LogP contribution in [0.15, 0.2) is 0 Å². The number of thioether (sulfide) groups is 1. The minimum atomic E-state index is -0.602. The van der Waals surface area contributed by atoms with Gasteiger partial charge in [0.15, 0.2) is 0 Å². The number of unbranched alkanes of at least 4 members (excludes halogenated alkanes) is 36. The number of ether oxygens (including phenoxy) is 2. The number of aldehydes is 1. The van der Waals surface area contributed by atoms with Crippen LogP contribution >= 0.6 is 11.8 Å². The Hall–Kier alpha value is -1.57. The minimum Gasteiger partial charge on any atom is -0.462 e. The van der Waals surface area contributed by atoms with Crippen molar-refractivity contribution in [1.29, 1.82) is 0 Å². The number of hydrogen-bond acceptors (Lipinski definition) is 7. The second-order valence-corrected chi connectivity index (χ2v) is 19.7. The molecule has 2 atom stereocenters. The molecule has 0 bridgehead atoms. The maximum atomic E-state index is 12.9. The van der Waals surface area contributed by atoms with Crippen LogP contribution in [0.3, 0.4) is 0 Å². The van der Waals surface area contributed by atoms with Gasteiger partial charge in [0.2, 0.25) is 5.91 Å². The van der Waals surface area contributed by atoms with E-state index in [1.165, 1.54) is 204 Å². The fraction of sp³-hybridized carbons (Fsp3) is 0.926. The first-order valence-corrected chi connectivity index (χ1v) is 28.3. The third kappa shape index (κ3) is 46.4. The molecule has 0 heterocycles. The average Bonchev–Trinajstić information content (AvgIpc) is 3.27. The molecule has 0 aromatic heterocycles. The van der Waals surface area contributed by atoms with Gasteiger partial charge in [-0.2, -0.15) is 11.8 Å². The standard InChI is InChI=1S/C54H103NO6S/c1-4-7-10-13-16-19-22-25-28-31-34-37-40-43-52(57)55-50(46-56)48-62-49-51(61-54(59)45-42-39-36-33-30-27-24-21-18-15-12-9-6-3)47-60-53(58)44-41-38-35-32-29-26-23-20-17-14-11-8-5-2/h46,50-51H,4-45,47-49H2,1-3H3,(H,55,57). The topological polar surface area (TPSA) is 98.8 Å². The Balaban J connectivity index is 4.48. The summed E-state index contributed by atoms with van der Waals surface area (Å²) >= 11 is 1.45. The van der Waals surface area contributed by atoms with Gasteiger partial charge in [-0.3, -0.25) is 14.4 Å². The summed E-state index contributed by atoms with van der Waals surface area (Å²) in [7, 11) is 0. The molecule has 8 heteroatoms. The highest BCUT2D eigenvalue weighted by Crippen LogP contribution is 2.17. The molecule has 0 spiro atoms. The maximum absolute atomic E-state index is 12.9. The van der Waals surface area contributed by atoms with E-state index in [1.807, 2.05) is 0 Å². The number of hydrogen-bond donors (Lipinski definition) is 1. The Kier molecular flexibility index (Phi) is 49.2. The molecule has 0 radical (unpaired) electrons. The van der Waals surface area contributed by atoms with Crippen LogP contribution in [-0.4, -0.2) is 54.4 Å². The summed E-state index contributed by atoms with van der Waals surface area (Å²) in [6.07, 6.45) is 50.2. The largest absolute Gasteiger partial charge is 0.462 e. The van der Waals surface area contributed by atoms with Crippen LogP contribution < -0.4 is 5.32 Å². The number of amides is 1. The molecule has 0 saturated heterocycles. The van der Waals surface area contributed by atoms with Crippen LogP contribution in [0.4, 0.5) is 0 Å². The highest BCUT2D eigenvalue weighted by molar-refractivity contribution is 7.99. The van der Waals surface area contributed by atoms with Crippen molar-refractivity contribution >= 4 is 35.9 Å². The Bertz CT molecular complexity index is 979. The van der Waals surface area contributed by atoms with E-state index in [0.29, 0.717) is 30.8 Å². The average molecular weight is 894 g/mol. The smallest absolute Gasteiger partial charge is 0.306 e. The van der Waals surface area contributed by atoms with E-state index in [2.05, 4.69) is 26.1 Å². The second-order valence-electron chi connectivity index (χ2n) is 18.6. The first-order valence-electron chi connectivity index (χ1n) is 27.1. The summed E-state index contributed by atoms with van der Waals surface area (Å²) in [5.74, 6) is 0.183. The van der Waals surface area contributed by atoms with Gasteiger partial charge in [0.05, 0.1) is 6.04 Å². The van der Waals surface area contributed by atoms with Gasteiger partial charge in [0, 0.05) is 30.8 Å². The number of carbonyl (C=O) groups excluding carboxylic acids is 4. The lowest BCUT2D eigenvalue weighted by Crippen LogP contribution is -2.38. The normalized spacial score (nSPS) is 12.3. The molecule has 62 heavy (non-hydrogen) atoms. The summed E-state index contributed by atoms with van der Waals surface area (Å²) in [6, 6.07) is -0.602. The van der Waals surface area contributed by atoms with Crippen molar-refractivity contribution in [1.82, 2.24) is 5.32 Å². The summed E-state index contributed by atoms with van der Waals surface area (Å²) in [6.45, 7) is 6.81. The summed E-state index contributed by atoms with van der Waals surface area (Å²) in [4.78, 5) is 50.1. The zero-order valence-corrected chi connectivity index (χ0v) is 42.2. The van der Waals surface area contributed by atoms with Crippen molar-refractivity contribution in [2.24, 2.45) is 0 Å². The van der Waals surface area contributed by atoms with Gasteiger partial charge >= 0.3 is 11.9 Å². The SMILES string of the molecule is CCCCCCCCCCCCCCCC(=O)NC(C=O)CSCC(COC(=O)CCCCCCCCCCCCCCC)OC(=O)CCCCCCCCCCCCCCC. The highest BCUT2D eigenvalue weighted by atomic mass is 32.2. The zero-order chi connectivity index (χ0) is 45.2. The van der Waals surface area contributed by atoms with Crippen LogP contribution in [0.25, 0.3) is 0 Å². The quantitative estimate of drug-likeness (QED) is 0.0369. The number of esters is 2. The van der Waals surface area contributed by atoms with E-state index in [0.717, 1.165) is 64.1 Å². The fourth-order valence-corrected chi connectivity index (χ4v) is 9.20.